The van der Waals surface area contributed by atoms with Crippen LogP contribution in [0.15, 0.2) is 78.9 Å². The normalized spacial score (nSPS) is 15.8. The van der Waals surface area contributed by atoms with Crippen molar-refractivity contribution in [2.45, 2.75) is 31.8 Å². The van der Waals surface area contributed by atoms with E-state index < -0.39 is 0 Å². The average Bonchev–Trinajstić information content (AvgIpc) is 3.12. The first-order chi connectivity index (χ1) is 13.4. The number of aromatic nitrogens is 1. The van der Waals surface area contributed by atoms with E-state index in [1.54, 1.807) is 0 Å². The van der Waals surface area contributed by atoms with Crippen LogP contribution in [0.1, 0.15) is 35.7 Å². The number of rotatable bonds is 4. The lowest BCUT2D eigenvalue weighted by Crippen LogP contribution is -2.24. The fraction of sp³-hybridized carbons (Fsp3) is 0.200. The van der Waals surface area contributed by atoms with Crippen molar-refractivity contribution in [3.63, 3.8) is 0 Å². The minimum Gasteiger partial charge on any atom is -0.357 e. The zero-order chi connectivity index (χ0) is 18.1. The van der Waals surface area contributed by atoms with E-state index in [2.05, 4.69) is 89.2 Å². The summed E-state index contributed by atoms with van der Waals surface area (Å²) in [6.07, 6.45) is 3.59. The Bertz CT molecular complexity index is 1050. The third-order valence-corrected chi connectivity index (χ3v) is 5.71. The zero-order valence-corrected chi connectivity index (χ0v) is 16.6. The monoisotopic (exact) mass is 388 g/mol. The van der Waals surface area contributed by atoms with E-state index in [9.17, 15) is 0 Å². The molecule has 0 saturated heterocycles. The topological polar surface area (TPSA) is 27.8 Å². The van der Waals surface area contributed by atoms with Gasteiger partial charge in [0.1, 0.15) is 0 Å². The molecule has 1 aliphatic carbocycles. The van der Waals surface area contributed by atoms with Gasteiger partial charge in [-0.15, -0.1) is 12.4 Å². The van der Waals surface area contributed by atoms with Crippen molar-refractivity contribution in [1.29, 1.82) is 0 Å². The molecule has 0 radical (unpaired) electrons. The van der Waals surface area contributed by atoms with Gasteiger partial charge in [-0.2, -0.15) is 0 Å². The molecular weight excluding hydrogens is 364 g/mol. The molecule has 0 amide bonds. The van der Waals surface area contributed by atoms with Gasteiger partial charge in [0.15, 0.2) is 0 Å². The highest BCUT2D eigenvalue weighted by Gasteiger charge is 2.24. The van der Waals surface area contributed by atoms with Crippen LogP contribution in [-0.2, 0) is 13.0 Å². The van der Waals surface area contributed by atoms with Crippen molar-refractivity contribution in [3.8, 4) is 11.1 Å². The molecule has 4 aromatic rings. The minimum absolute atomic E-state index is 0. The molecule has 1 heterocycles. The zero-order valence-electron chi connectivity index (χ0n) is 15.8. The molecule has 0 saturated carbocycles. The summed E-state index contributed by atoms with van der Waals surface area (Å²) in [5.74, 6) is 0. The van der Waals surface area contributed by atoms with Crippen molar-refractivity contribution in [2.75, 3.05) is 0 Å². The summed E-state index contributed by atoms with van der Waals surface area (Å²) in [5.41, 5.74) is 8.06. The highest BCUT2D eigenvalue weighted by Crippen LogP contribution is 2.36. The molecule has 0 fully saturated rings. The molecule has 0 bridgehead atoms. The SMILES string of the molecule is Cl.c1ccc(CNC2CCCc3c2[nH]c2ccc(-c4ccccc4)cc32)cc1. The Hall–Kier alpha value is -2.55. The fourth-order valence-electron chi connectivity index (χ4n) is 4.31. The molecule has 142 valence electrons. The Balaban J connectivity index is 0.00000192. The van der Waals surface area contributed by atoms with E-state index in [1.807, 2.05) is 0 Å². The Labute approximate surface area is 172 Å². The molecule has 3 aromatic carbocycles. The van der Waals surface area contributed by atoms with Crippen molar-refractivity contribution >= 4 is 23.3 Å². The highest BCUT2D eigenvalue weighted by atomic mass is 35.5. The van der Waals surface area contributed by atoms with Gasteiger partial charge >= 0.3 is 0 Å². The summed E-state index contributed by atoms with van der Waals surface area (Å²) in [6.45, 7) is 0.912. The van der Waals surface area contributed by atoms with Gasteiger partial charge in [-0.25, -0.2) is 0 Å². The lowest BCUT2D eigenvalue weighted by atomic mass is 9.91. The fourth-order valence-corrected chi connectivity index (χ4v) is 4.31. The number of aryl methyl sites for hydroxylation is 1. The maximum absolute atomic E-state index is 3.77. The maximum Gasteiger partial charge on any atom is 0.0478 e. The molecule has 0 aliphatic heterocycles. The number of H-pyrrole nitrogens is 1. The third kappa shape index (κ3) is 3.58. The summed E-state index contributed by atoms with van der Waals surface area (Å²) in [6, 6.07) is 28.6. The Morgan fingerprint density at radius 3 is 2.39 bits per heavy atom. The second kappa shape index (κ2) is 8.22. The largest absolute Gasteiger partial charge is 0.357 e. The standard InChI is InChI=1S/C25H24N2.ClH/c1-3-8-18(9-4-1)17-26-24-13-7-12-21-22-16-20(19-10-5-2-6-11-19)14-15-23(22)27-25(21)24;/h1-6,8-11,14-16,24,26-27H,7,12-13,17H2;1H. The number of nitrogens with one attached hydrogen (secondary N) is 2. The summed E-state index contributed by atoms with van der Waals surface area (Å²) in [5, 5.41) is 5.16. The number of hydrogen-bond donors (Lipinski definition) is 2. The minimum atomic E-state index is 0. The number of benzene rings is 3. The molecule has 28 heavy (non-hydrogen) atoms. The van der Waals surface area contributed by atoms with Crippen LogP contribution in [0.4, 0.5) is 0 Å². The van der Waals surface area contributed by atoms with Crippen LogP contribution in [0.2, 0.25) is 0 Å². The molecule has 1 aliphatic rings. The van der Waals surface area contributed by atoms with Crippen molar-refractivity contribution in [1.82, 2.24) is 10.3 Å². The third-order valence-electron chi connectivity index (χ3n) is 5.71. The van der Waals surface area contributed by atoms with Gasteiger partial charge < -0.3 is 10.3 Å². The van der Waals surface area contributed by atoms with E-state index in [0.717, 1.165) is 13.0 Å². The van der Waals surface area contributed by atoms with Gasteiger partial charge in [-0.05, 0) is 53.6 Å². The van der Waals surface area contributed by atoms with Crippen LogP contribution in [0.3, 0.4) is 0 Å². The van der Waals surface area contributed by atoms with Crippen LogP contribution < -0.4 is 5.32 Å². The predicted octanol–water partition coefficient (Wildman–Crippen LogP) is 6.42. The van der Waals surface area contributed by atoms with Gasteiger partial charge in [0.25, 0.3) is 0 Å². The van der Waals surface area contributed by atoms with Crippen molar-refractivity contribution in [2.24, 2.45) is 0 Å². The molecular formula is C25H25ClN2. The number of hydrogen-bond acceptors (Lipinski definition) is 1. The van der Waals surface area contributed by atoms with Crippen LogP contribution >= 0.6 is 12.4 Å². The van der Waals surface area contributed by atoms with E-state index in [4.69, 9.17) is 0 Å². The summed E-state index contributed by atoms with van der Waals surface area (Å²) in [4.78, 5) is 3.72. The quantitative estimate of drug-likeness (QED) is 0.414. The first-order valence-corrected chi connectivity index (χ1v) is 9.86. The molecule has 1 unspecified atom stereocenters. The second-order valence-corrected chi connectivity index (χ2v) is 7.45. The molecule has 3 heteroatoms. The van der Waals surface area contributed by atoms with Gasteiger partial charge in [0, 0.05) is 29.2 Å². The van der Waals surface area contributed by atoms with E-state index in [-0.39, 0.29) is 12.4 Å². The maximum atomic E-state index is 3.77. The molecule has 2 N–H and O–H groups in total. The van der Waals surface area contributed by atoms with Gasteiger partial charge in [0.05, 0.1) is 0 Å². The lowest BCUT2D eigenvalue weighted by molar-refractivity contribution is 0.452. The average molecular weight is 389 g/mol. The number of aromatic amines is 1. The number of halogens is 1. The Morgan fingerprint density at radius 2 is 1.61 bits per heavy atom. The van der Waals surface area contributed by atoms with Crippen LogP contribution in [0.5, 0.6) is 0 Å². The van der Waals surface area contributed by atoms with E-state index in [0.29, 0.717) is 6.04 Å². The summed E-state index contributed by atoms with van der Waals surface area (Å²) < 4.78 is 0. The van der Waals surface area contributed by atoms with E-state index in [1.165, 1.54) is 51.7 Å². The summed E-state index contributed by atoms with van der Waals surface area (Å²) in [7, 11) is 0. The molecule has 1 atom stereocenters. The Morgan fingerprint density at radius 1 is 0.857 bits per heavy atom. The smallest absolute Gasteiger partial charge is 0.0478 e. The first-order valence-electron chi connectivity index (χ1n) is 9.86. The highest BCUT2D eigenvalue weighted by molar-refractivity contribution is 5.89. The van der Waals surface area contributed by atoms with Crippen molar-refractivity contribution < 1.29 is 0 Å². The predicted molar refractivity (Wildman–Crippen MR) is 120 cm³/mol. The summed E-state index contributed by atoms with van der Waals surface area (Å²) >= 11 is 0. The second-order valence-electron chi connectivity index (χ2n) is 7.45. The van der Waals surface area contributed by atoms with Crippen LogP contribution in [0, 0.1) is 0 Å². The number of fused-ring (bicyclic) bond motifs is 3. The molecule has 1 aromatic heterocycles. The molecule has 0 spiro atoms. The molecule has 2 nitrogen and oxygen atoms in total. The van der Waals surface area contributed by atoms with Gasteiger partial charge in [-0.1, -0.05) is 66.7 Å². The van der Waals surface area contributed by atoms with Crippen LogP contribution in [0.25, 0.3) is 22.0 Å². The van der Waals surface area contributed by atoms with Crippen LogP contribution in [-0.4, -0.2) is 4.98 Å². The van der Waals surface area contributed by atoms with Gasteiger partial charge in [0.2, 0.25) is 0 Å². The molecule has 5 rings (SSSR count). The van der Waals surface area contributed by atoms with Gasteiger partial charge in [-0.3, -0.25) is 0 Å². The van der Waals surface area contributed by atoms with E-state index >= 15 is 0 Å². The first kappa shape index (κ1) is 18.8. The Kier molecular flexibility index (Phi) is 5.52. The van der Waals surface area contributed by atoms with Crippen molar-refractivity contribution in [3.05, 3.63) is 95.7 Å². The lowest BCUT2D eigenvalue weighted by Gasteiger charge is -2.24.